The summed E-state index contributed by atoms with van der Waals surface area (Å²) in [5.74, 6) is 0.859. The summed E-state index contributed by atoms with van der Waals surface area (Å²) in [7, 11) is 2.10. The maximum Gasteiger partial charge on any atom is 0.326 e. The van der Waals surface area contributed by atoms with Crippen molar-refractivity contribution >= 4 is 35.1 Å². The smallest absolute Gasteiger partial charge is 0.326 e. The normalized spacial score (nSPS) is 19.0. The molecule has 0 spiro atoms. The van der Waals surface area contributed by atoms with Gasteiger partial charge in [-0.3, -0.25) is 19.6 Å². The Bertz CT molecular complexity index is 2390. The molecule has 318 valence electrons. The first-order valence-electron chi connectivity index (χ1n) is 21.4. The van der Waals surface area contributed by atoms with E-state index in [0.717, 1.165) is 93.1 Å². The van der Waals surface area contributed by atoms with Gasteiger partial charge in [0.05, 0.1) is 16.1 Å². The Morgan fingerprint density at radius 2 is 1.70 bits per heavy atom. The summed E-state index contributed by atoms with van der Waals surface area (Å²) in [5.41, 5.74) is 10.4. The van der Waals surface area contributed by atoms with Gasteiger partial charge < -0.3 is 19.9 Å². The van der Waals surface area contributed by atoms with E-state index in [-0.39, 0.29) is 24.5 Å². The lowest BCUT2D eigenvalue weighted by molar-refractivity contribution is -0.143. The molecule has 4 atom stereocenters. The Morgan fingerprint density at radius 1 is 0.934 bits per heavy atom. The van der Waals surface area contributed by atoms with Gasteiger partial charge in [-0.1, -0.05) is 85.1 Å². The summed E-state index contributed by atoms with van der Waals surface area (Å²) >= 11 is 12.5. The summed E-state index contributed by atoms with van der Waals surface area (Å²) in [5, 5.41) is 14.3. The highest BCUT2D eigenvalue weighted by molar-refractivity contribution is 6.42. The average Bonchev–Trinajstić information content (AvgIpc) is 3.39. The number of aliphatic carboxylic acids is 1. The van der Waals surface area contributed by atoms with E-state index in [1.165, 1.54) is 6.42 Å². The largest absolute Gasteiger partial charge is 0.486 e. The Balaban J connectivity index is 0.972. The summed E-state index contributed by atoms with van der Waals surface area (Å²) in [6.07, 6.45) is 6.39. The number of aromatic nitrogens is 1. The monoisotopic (exact) mass is 860 g/mol. The third kappa shape index (κ3) is 9.76. The second-order valence-corrected chi connectivity index (χ2v) is 17.9. The predicted molar refractivity (Wildman–Crippen MR) is 240 cm³/mol. The van der Waals surface area contributed by atoms with Crippen LogP contribution >= 0.6 is 23.2 Å². The van der Waals surface area contributed by atoms with Crippen molar-refractivity contribution in [2.24, 2.45) is 5.92 Å². The van der Waals surface area contributed by atoms with E-state index in [1.807, 2.05) is 61.5 Å². The molecule has 3 aliphatic rings. The molecule has 0 unspecified atom stereocenters. The summed E-state index contributed by atoms with van der Waals surface area (Å²) in [4.78, 5) is 35.8. The number of hydrogen-bond donors (Lipinski definition) is 2. The SMILES string of the molecule is CC[C@@H](Oc1ccc([C@H]2CN(C)Cc3cc4c(cc3O2)CN(CC2CCC2)[C@H](C(=O)N[C@@H](Cc2ccc(-c3ccnc(C)c3C)cc2)C(=O)O)C4)cc1)c1ccc(Cl)c(Cl)c1. The molecule has 4 aromatic carbocycles. The van der Waals surface area contributed by atoms with E-state index in [2.05, 4.69) is 65.3 Å². The van der Waals surface area contributed by atoms with E-state index in [0.29, 0.717) is 42.0 Å². The molecule has 1 aromatic heterocycles. The number of carboxylic acids is 1. The van der Waals surface area contributed by atoms with Crippen molar-refractivity contribution in [3.8, 4) is 22.6 Å². The lowest BCUT2D eigenvalue weighted by atomic mass is 9.83. The molecule has 9 nitrogen and oxygen atoms in total. The van der Waals surface area contributed by atoms with E-state index < -0.39 is 18.1 Å². The first-order chi connectivity index (χ1) is 29.4. The van der Waals surface area contributed by atoms with Crippen LogP contribution in [0.4, 0.5) is 0 Å². The lowest BCUT2D eigenvalue weighted by Crippen LogP contribution is -2.55. The van der Waals surface area contributed by atoms with Crippen molar-refractivity contribution < 1.29 is 24.2 Å². The number of carbonyl (C=O) groups excluding carboxylic acids is 1. The Kier molecular flexibility index (Phi) is 13.0. The molecule has 2 N–H and O–H groups in total. The molecule has 11 heteroatoms. The maximum atomic E-state index is 14.2. The number of rotatable bonds is 13. The van der Waals surface area contributed by atoms with Crippen LogP contribution < -0.4 is 14.8 Å². The average molecular weight is 862 g/mol. The van der Waals surface area contributed by atoms with Crippen molar-refractivity contribution in [1.29, 1.82) is 0 Å². The molecule has 0 bridgehead atoms. The van der Waals surface area contributed by atoms with Gasteiger partial charge in [-0.25, -0.2) is 4.79 Å². The zero-order valence-electron chi connectivity index (χ0n) is 35.3. The van der Waals surface area contributed by atoms with Gasteiger partial charge in [-0.15, -0.1) is 0 Å². The van der Waals surface area contributed by atoms with Gasteiger partial charge in [0.1, 0.15) is 29.7 Å². The number of likely N-dealkylation sites (N-methyl/N-ethyl adjacent to an activating group) is 1. The summed E-state index contributed by atoms with van der Waals surface area (Å²) in [6.45, 7) is 8.92. The van der Waals surface area contributed by atoms with Gasteiger partial charge in [0.15, 0.2) is 0 Å². The number of fused-ring (bicyclic) bond motifs is 2. The van der Waals surface area contributed by atoms with Crippen LogP contribution in [0.5, 0.6) is 11.5 Å². The molecule has 61 heavy (non-hydrogen) atoms. The van der Waals surface area contributed by atoms with E-state index in [1.54, 1.807) is 12.3 Å². The third-order valence-electron chi connectivity index (χ3n) is 12.8. The number of hydrogen-bond acceptors (Lipinski definition) is 7. The lowest BCUT2D eigenvalue weighted by Gasteiger charge is -2.40. The van der Waals surface area contributed by atoms with E-state index >= 15 is 0 Å². The van der Waals surface area contributed by atoms with Crippen molar-refractivity contribution in [3.63, 3.8) is 0 Å². The first kappa shape index (κ1) is 42.7. The van der Waals surface area contributed by atoms with Crippen molar-refractivity contribution in [2.45, 2.75) is 96.7 Å². The number of carbonyl (C=O) groups is 2. The minimum absolute atomic E-state index is 0.164. The van der Waals surface area contributed by atoms with Gasteiger partial charge in [-0.2, -0.15) is 0 Å². The van der Waals surface area contributed by atoms with Crippen LogP contribution in [0.3, 0.4) is 0 Å². The van der Waals surface area contributed by atoms with Crippen LogP contribution in [0.2, 0.25) is 10.0 Å². The van der Waals surface area contributed by atoms with Gasteiger partial charge in [-0.05, 0) is 133 Å². The minimum Gasteiger partial charge on any atom is -0.486 e. The zero-order chi connectivity index (χ0) is 42.8. The van der Waals surface area contributed by atoms with Gasteiger partial charge >= 0.3 is 5.97 Å². The third-order valence-corrected chi connectivity index (χ3v) is 13.5. The number of pyridine rings is 1. The molecular formula is C50H54Cl2N4O5. The Morgan fingerprint density at radius 3 is 2.39 bits per heavy atom. The van der Waals surface area contributed by atoms with Gasteiger partial charge in [0, 0.05) is 50.1 Å². The highest BCUT2D eigenvalue weighted by Crippen LogP contribution is 2.38. The fraction of sp³-hybridized carbons (Fsp3) is 0.380. The number of amides is 1. The maximum absolute atomic E-state index is 14.2. The van der Waals surface area contributed by atoms with Crippen LogP contribution in [0.15, 0.2) is 91.1 Å². The summed E-state index contributed by atoms with van der Waals surface area (Å²) in [6, 6.07) is 26.5. The number of benzene rings is 4. The standard InChI is InChI=1S/C50H54Cl2N4O5/c1-5-46(36-15-18-42(51)43(52)23-36)60-40-16-13-35(14-17-40)48-29-55(4)27-39-22-37-24-45(56(26-33-7-6-8-33)28-38(37)25-47(39)61-48)49(57)54-44(50(58)59)21-32-9-11-34(12-10-32)41-19-20-53-31(3)30(41)2/h9-20,22-23,25,33,44-46,48H,5-8,21,24,26-29H2,1-4H3,(H,54,57)(H,58,59)/t44-,45-,46+,48+/m0/s1. The van der Waals surface area contributed by atoms with Crippen LogP contribution in [-0.4, -0.2) is 64.0 Å². The molecule has 3 heterocycles. The van der Waals surface area contributed by atoms with Crippen LogP contribution in [0, 0.1) is 19.8 Å². The fourth-order valence-corrected chi connectivity index (χ4v) is 9.22. The second-order valence-electron chi connectivity index (χ2n) is 17.1. The predicted octanol–water partition coefficient (Wildman–Crippen LogP) is 10.1. The van der Waals surface area contributed by atoms with Crippen molar-refractivity contribution in [2.75, 3.05) is 20.1 Å². The molecule has 1 aliphatic carbocycles. The summed E-state index contributed by atoms with van der Waals surface area (Å²) < 4.78 is 13.2. The molecular weight excluding hydrogens is 807 g/mol. The highest BCUT2D eigenvalue weighted by Gasteiger charge is 2.37. The fourth-order valence-electron chi connectivity index (χ4n) is 8.92. The van der Waals surface area contributed by atoms with Gasteiger partial charge in [0.2, 0.25) is 5.91 Å². The molecule has 1 fully saturated rings. The number of nitrogens with one attached hydrogen (secondary N) is 1. The molecule has 0 saturated heterocycles. The highest BCUT2D eigenvalue weighted by atomic mass is 35.5. The quantitative estimate of drug-likeness (QED) is 0.121. The number of carboxylic acid groups (broad SMARTS) is 1. The molecule has 2 aliphatic heterocycles. The molecule has 1 saturated carbocycles. The number of aryl methyl sites for hydroxylation is 1. The Hall–Kier alpha value is -4.93. The molecule has 1 amide bonds. The second kappa shape index (κ2) is 18.6. The number of halogens is 2. The number of ether oxygens (including phenoxy) is 2. The van der Waals surface area contributed by atoms with Crippen LogP contribution in [-0.2, 0) is 35.5 Å². The topological polar surface area (TPSA) is 104 Å². The van der Waals surface area contributed by atoms with Crippen molar-refractivity contribution in [3.05, 3.63) is 146 Å². The molecule has 5 aromatic rings. The molecule has 0 radical (unpaired) electrons. The number of nitrogens with zero attached hydrogens (tertiary/aromatic N) is 3. The van der Waals surface area contributed by atoms with Crippen LogP contribution in [0.25, 0.3) is 11.1 Å². The van der Waals surface area contributed by atoms with Crippen molar-refractivity contribution in [1.82, 2.24) is 20.1 Å². The zero-order valence-corrected chi connectivity index (χ0v) is 36.8. The first-order valence-corrected chi connectivity index (χ1v) is 22.2. The minimum atomic E-state index is -1.06. The van der Waals surface area contributed by atoms with E-state index in [4.69, 9.17) is 32.7 Å². The van der Waals surface area contributed by atoms with Gasteiger partial charge in [0.25, 0.3) is 0 Å². The van der Waals surface area contributed by atoms with Crippen LogP contribution in [0.1, 0.15) is 89.5 Å². The molecule has 8 rings (SSSR count). The van der Waals surface area contributed by atoms with E-state index in [9.17, 15) is 14.7 Å². The Labute approximate surface area is 369 Å².